The number of hydrogen-bond acceptors (Lipinski definition) is 3. The standard InChI is InChI=1S/C26H30BrN3/c1-15-10-17(3)23(18(4)11-15)22-14-29-26(24-21(27)8-7-9-28-24)30(22)25-19(5)12-16(2)13-20(25)6/h7-13,22,28-29H,14H2,1-6H3. The van der Waals surface area contributed by atoms with Gasteiger partial charge in [-0.1, -0.05) is 35.4 Å². The number of nitrogens with zero attached hydrogens (tertiary/aromatic N) is 1. The summed E-state index contributed by atoms with van der Waals surface area (Å²) in [5.74, 6) is 1.11. The molecule has 2 aliphatic heterocycles. The summed E-state index contributed by atoms with van der Waals surface area (Å²) in [5.41, 5.74) is 11.7. The first-order valence-corrected chi connectivity index (χ1v) is 11.3. The van der Waals surface area contributed by atoms with Gasteiger partial charge in [0.25, 0.3) is 0 Å². The summed E-state index contributed by atoms with van der Waals surface area (Å²) < 4.78 is 1.05. The molecule has 1 fully saturated rings. The maximum Gasteiger partial charge on any atom is 0.132 e. The minimum atomic E-state index is 0.223. The first kappa shape index (κ1) is 20.8. The van der Waals surface area contributed by atoms with Crippen molar-refractivity contribution in [2.75, 3.05) is 11.4 Å². The lowest BCUT2D eigenvalue weighted by molar-refractivity contribution is 0.741. The number of allylic oxidation sites excluding steroid dienone is 3. The van der Waals surface area contributed by atoms with Gasteiger partial charge < -0.3 is 15.5 Å². The number of anilines is 1. The monoisotopic (exact) mass is 463 g/mol. The van der Waals surface area contributed by atoms with Gasteiger partial charge in [-0.15, -0.1) is 0 Å². The van der Waals surface area contributed by atoms with E-state index in [9.17, 15) is 0 Å². The average molecular weight is 464 g/mol. The largest absolute Gasteiger partial charge is 0.367 e. The van der Waals surface area contributed by atoms with E-state index in [-0.39, 0.29) is 6.04 Å². The zero-order valence-corrected chi connectivity index (χ0v) is 20.2. The molecule has 2 aromatic carbocycles. The lowest BCUT2D eigenvalue weighted by atomic mass is 9.92. The van der Waals surface area contributed by atoms with Crippen LogP contribution in [0.1, 0.15) is 45.0 Å². The number of aryl methyl sites for hydroxylation is 6. The zero-order chi connectivity index (χ0) is 21.6. The van der Waals surface area contributed by atoms with Crippen LogP contribution in [0.2, 0.25) is 0 Å². The van der Waals surface area contributed by atoms with E-state index in [1.54, 1.807) is 0 Å². The third kappa shape index (κ3) is 3.58. The molecule has 156 valence electrons. The van der Waals surface area contributed by atoms with Gasteiger partial charge in [0, 0.05) is 22.9 Å². The van der Waals surface area contributed by atoms with Gasteiger partial charge in [-0.05, 0) is 97.4 Å². The lowest BCUT2D eigenvalue weighted by Gasteiger charge is -2.33. The Hall–Kier alpha value is -2.46. The van der Waals surface area contributed by atoms with E-state index >= 15 is 0 Å². The summed E-state index contributed by atoms with van der Waals surface area (Å²) in [7, 11) is 0. The summed E-state index contributed by atoms with van der Waals surface area (Å²) in [5, 5.41) is 7.18. The zero-order valence-electron chi connectivity index (χ0n) is 18.7. The summed E-state index contributed by atoms with van der Waals surface area (Å²) >= 11 is 3.75. The van der Waals surface area contributed by atoms with E-state index in [1.807, 2.05) is 12.3 Å². The highest BCUT2D eigenvalue weighted by Crippen LogP contribution is 2.42. The smallest absolute Gasteiger partial charge is 0.132 e. The van der Waals surface area contributed by atoms with Crippen LogP contribution in [-0.2, 0) is 0 Å². The van der Waals surface area contributed by atoms with Crippen LogP contribution in [-0.4, -0.2) is 6.54 Å². The highest BCUT2D eigenvalue weighted by molar-refractivity contribution is 9.12. The van der Waals surface area contributed by atoms with E-state index in [0.29, 0.717) is 0 Å². The SMILES string of the molecule is Cc1cc(C)c(C2CNC(=C3NC=CC=C3Br)N2c2c(C)cc(C)cc2C)c(C)c1. The van der Waals surface area contributed by atoms with E-state index in [2.05, 4.69) is 103 Å². The number of hydrogen-bond donors (Lipinski definition) is 2. The second-order valence-electron chi connectivity index (χ2n) is 8.57. The van der Waals surface area contributed by atoms with E-state index in [1.165, 1.54) is 44.6 Å². The molecule has 0 aromatic heterocycles. The van der Waals surface area contributed by atoms with Gasteiger partial charge in [0.15, 0.2) is 0 Å². The summed E-state index contributed by atoms with van der Waals surface area (Å²) in [4.78, 5) is 2.51. The number of halogens is 1. The summed E-state index contributed by atoms with van der Waals surface area (Å²) in [6.45, 7) is 14.1. The van der Waals surface area contributed by atoms with Crippen molar-refractivity contribution in [2.45, 2.75) is 47.6 Å². The maximum absolute atomic E-state index is 3.75. The van der Waals surface area contributed by atoms with Crippen LogP contribution < -0.4 is 15.5 Å². The predicted octanol–water partition coefficient (Wildman–Crippen LogP) is 6.25. The average Bonchev–Trinajstić information content (AvgIpc) is 3.04. The van der Waals surface area contributed by atoms with Gasteiger partial charge in [-0.25, -0.2) is 0 Å². The first-order chi connectivity index (χ1) is 14.3. The summed E-state index contributed by atoms with van der Waals surface area (Å²) in [6, 6.07) is 9.40. The Balaban J connectivity index is 1.96. The molecule has 1 unspecified atom stereocenters. The number of benzene rings is 2. The van der Waals surface area contributed by atoms with Gasteiger partial charge in [0.05, 0.1) is 11.7 Å². The van der Waals surface area contributed by atoms with Gasteiger partial charge in [-0.3, -0.25) is 0 Å². The maximum atomic E-state index is 3.75. The molecule has 0 saturated carbocycles. The topological polar surface area (TPSA) is 27.3 Å². The Bertz CT molecular complexity index is 1060. The molecule has 0 bridgehead atoms. The van der Waals surface area contributed by atoms with Crippen molar-refractivity contribution in [1.82, 2.24) is 10.6 Å². The molecule has 0 amide bonds. The Labute approximate surface area is 188 Å². The van der Waals surface area contributed by atoms with Crippen molar-refractivity contribution in [3.05, 3.63) is 97.6 Å². The fourth-order valence-electron chi connectivity index (χ4n) is 5.10. The minimum absolute atomic E-state index is 0.223. The molecule has 4 heteroatoms. The van der Waals surface area contributed by atoms with Crippen molar-refractivity contribution in [3.8, 4) is 0 Å². The van der Waals surface area contributed by atoms with Crippen LogP contribution in [0.5, 0.6) is 0 Å². The molecule has 2 heterocycles. The second-order valence-corrected chi connectivity index (χ2v) is 9.42. The molecule has 1 atom stereocenters. The Kier molecular flexibility index (Phi) is 5.54. The number of nitrogens with one attached hydrogen (secondary N) is 2. The van der Waals surface area contributed by atoms with Crippen LogP contribution in [0.3, 0.4) is 0 Å². The Morgan fingerprint density at radius 1 is 0.867 bits per heavy atom. The molecule has 1 saturated heterocycles. The van der Waals surface area contributed by atoms with Gasteiger partial charge >= 0.3 is 0 Å². The van der Waals surface area contributed by atoms with Crippen molar-refractivity contribution < 1.29 is 0 Å². The first-order valence-electron chi connectivity index (χ1n) is 10.5. The second kappa shape index (κ2) is 7.99. The quantitative estimate of drug-likeness (QED) is 0.550. The fourth-order valence-corrected chi connectivity index (χ4v) is 5.56. The lowest BCUT2D eigenvalue weighted by Crippen LogP contribution is -2.29. The van der Waals surface area contributed by atoms with E-state index < -0.39 is 0 Å². The third-order valence-electron chi connectivity index (χ3n) is 6.01. The van der Waals surface area contributed by atoms with Crippen LogP contribution in [0.4, 0.5) is 5.69 Å². The van der Waals surface area contributed by atoms with Crippen molar-refractivity contribution in [2.24, 2.45) is 0 Å². The molecule has 2 aromatic rings. The van der Waals surface area contributed by atoms with Gasteiger partial charge in [-0.2, -0.15) is 0 Å². The number of dihydropyridines is 1. The highest BCUT2D eigenvalue weighted by Gasteiger charge is 2.36. The van der Waals surface area contributed by atoms with E-state index in [4.69, 9.17) is 0 Å². The van der Waals surface area contributed by atoms with Gasteiger partial charge in [0.2, 0.25) is 0 Å². The molecule has 0 aliphatic carbocycles. The molecule has 3 nitrogen and oxygen atoms in total. The Morgan fingerprint density at radius 2 is 1.43 bits per heavy atom. The predicted molar refractivity (Wildman–Crippen MR) is 131 cm³/mol. The van der Waals surface area contributed by atoms with Crippen LogP contribution in [0.25, 0.3) is 0 Å². The van der Waals surface area contributed by atoms with Crippen LogP contribution in [0, 0.1) is 41.5 Å². The van der Waals surface area contributed by atoms with Crippen molar-refractivity contribution in [3.63, 3.8) is 0 Å². The molecule has 0 spiro atoms. The highest BCUT2D eigenvalue weighted by atomic mass is 79.9. The molecule has 0 radical (unpaired) electrons. The third-order valence-corrected chi connectivity index (χ3v) is 6.67. The van der Waals surface area contributed by atoms with Crippen LogP contribution in [0.15, 0.2) is 58.6 Å². The molecular formula is C26H30BrN3. The molecule has 4 rings (SSSR count). The van der Waals surface area contributed by atoms with E-state index in [0.717, 1.165) is 22.5 Å². The van der Waals surface area contributed by atoms with Crippen molar-refractivity contribution in [1.29, 1.82) is 0 Å². The summed E-state index contributed by atoms with van der Waals surface area (Å²) in [6.07, 6.45) is 6.09. The fraction of sp³-hybridized carbons (Fsp3) is 0.308. The number of rotatable bonds is 2. The van der Waals surface area contributed by atoms with Gasteiger partial charge in [0.1, 0.15) is 5.82 Å². The van der Waals surface area contributed by atoms with Crippen molar-refractivity contribution >= 4 is 21.6 Å². The molecular weight excluding hydrogens is 434 g/mol. The molecule has 2 aliphatic rings. The Morgan fingerprint density at radius 3 is 2.00 bits per heavy atom. The minimum Gasteiger partial charge on any atom is -0.367 e. The molecule has 30 heavy (non-hydrogen) atoms. The van der Waals surface area contributed by atoms with Crippen LogP contribution >= 0.6 is 15.9 Å². The molecule has 2 N–H and O–H groups in total. The normalized spacial score (nSPS) is 20.8.